The maximum Gasteiger partial charge on any atom is 0.325 e. The number of thiazole rings is 1. The van der Waals surface area contributed by atoms with E-state index < -0.39 is 0 Å². The van der Waals surface area contributed by atoms with Crippen molar-refractivity contribution in [2.75, 3.05) is 17.4 Å². The second kappa shape index (κ2) is 7.46. The van der Waals surface area contributed by atoms with Crippen LogP contribution in [-0.4, -0.2) is 17.8 Å². The van der Waals surface area contributed by atoms with Gasteiger partial charge < -0.3 is 14.8 Å². The number of hydrogen-bond acceptors (Lipinski definition) is 5. The van der Waals surface area contributed by atoms with Gasteiger partial charge in [0, 0.05) is 22.0 Å². The molecule has 6 nitrogen and oxygen atoms in total. The van der Waals surface area contributed by atoms with Crippen LogP contribution in [0, 0.1) is 6.92 Å². The molecule has 0 spiro atoms. The Labute approximate surface area is 165 Å². The lowest BCUT2D eigenvalue weighted by atomic mass is 10.1. The van der Waals surface area contributed by atoms with Crippen LogP contribution in [0.4, 0.5) is 15.6 Å². The summed E-state index contributed by atoms with van der Waals surface area (Å²) < 4.78 is 10.8. The molecule has 1 aromatic heterocycles. The molecular formula is C19H16ClN3O3S. The van der Waals surface area contributed by atoms with E-state index in [1.165, 1.54) is 11.3 Å². The predicted octanol–water partition coefficient (Wildman–Crippen LogP) is 5.07. The van der Waals surface area contributed by atoms with Crippen molar-refractivity contribution in [1.29, 1.82) is 0 Å². The molecule has 0 aliphatic carbocycles. The molecular weight excluding hydrogens is 386 g/mol. The summed E-state index contributed by atoms with van der Waals surface area (Å²) in [6, 6.07) is 12.4. The highest BCUT2D eigenvalue weighted by atomic mass is 35.5. The molecule has 2 aromatic carbocycles. The molecule has 0 saturated carbocycles. The van der Waals surface area contributed by atoms with E-state index in [0.29, 0.717) is 22.3 Å². The lowest BCUT2D eigenvalue weighted by Crippen LogP contribution is -2.19. The van der Waals surface area contributed by atoms with E-state index in [0.717, 1.165) is 27.6 Å². The first-order valence-electron chi connectivity index (χ1n) is 8.25. The first-order chi connectivity index (χ1) is 13.1. The van der Waals surface area contributed by atoms with Crippen LogP contribution in [0.1, 0.15) is 16.1 Å². The van der Waals surface area contributed by atoms with Gasteiger partial charge in [-0.3, -0.25) is 5.32 Å². The van der Waals surface area contributed by atoms with Gasteiger partial charge in [0.2, 0.25) is 6.79 Å². The summed E-state index contributed by atoms with van der Waals surface area (Å²) >= 11 is 7.30. The number of anilines is 2. The van der Waals surface area contributed by atoms with Crippen LogP contribution in [0.5, 0.6) is 11.5 Å². The zero-order chi connectivity index (χ0) is 18.8. The number of aromatic nitrogens is 1. The first kappa shape index (κ1) is 17.6. The van der Waals surface area contributed by atoms with E-state index in [2.05, 4.69) is 15.6 Å². The Balaban J connectivity index is 1.42. The van der Waals surface area contributed by atoms with E-state index in [4.69, 9.17) is 21.1 Å². The number of halogens is 1. The summed E-state index contributed by atoms with van der Waals surface area (Å²) in [6.07, 6.45) is 0.709. The fourth-order valence-corrected chi connectivity index (χ4v) is 3.79. The highest BCUT2D eigenvalue weighted by molar-refractivity contribution is 7.15. The molecule has 0 radical (unpaired) electrons. The van der Waals surface area contributed by atoms with Gasteiger partial charge in [-0.1, -0.05) is 17.7 Å². The van der Waals surface area contributed by atoms with Crippen molar-refractivity contribution in [2.24, 2.45) is 0 Å². The van der Waals surface area contributed by atoms with Crippen LogP contribution < -0.4 is 20.1 Å². The maximum atomic E-state index is 12.2. The highest BCUT2D eigenvalue weighted by Crippen LogP contribution is 2.34. The molecule has 0 saturated heterocycles. The third-order valence-corrected chi connectivity index (χ3v) is 5.34. The molecule has 2 heterocycles. The van der Waals surface area contributed by atoms with Crippen molar-refractivity contribution in [3.63, 3.8) is 0 Å². The average molecular weight is 402 g/mol. The first-order valence-corrected chi connectivity index (χ1v) is 9.45. The Bertz CT molecular complexity index is 988. The Morgan fingerprint density at radius 3 is 2.74 bits per heavy atom. The van der Waals surface area contributed by atoms with E-state index in [-0.39, 0.29) is 12.8 Å². The van der Waals surface area contributed by atoms with Crippen LogP contribution >= 0.6 is 22.9 Å². The predicted molar refractivity (Wildman–Crippen MR) is 106 cm³/mol. The number of urea groups is 1. The molecule has 3 aromatic rings. The van der Waals surface area contributed by atoms with E-state index in [9.17, 15) is 4.79 Å². The highest BCUT2D eigenvalue weighted by Gasteiger charge is 2.15. The summed E-state index contributed by atoms with van der Waals surface area (Å²) in [7, 11) is 0. The third kappa shape index (κ3) is 4.15. The minimum absolute atomic E-state index is 0.259. The molecule has 0 atom stereocenters. The minimum atomic E-state index is -0.347. The molecule has 1 aliphatic rings. The molecule has 0 fully saturated rings. The van der Waals surface area contributed by atoms with Crippen LogP contribution in [0.15, 0.2) is 42.5 Å². The molecule has 8 heteroatoms. The number of aryl methyl sites for hydroxylation is 1. The zero-order valence-electron chi connectivity index (χ0n) is 14.4. The molecule has 2 N–H and O–H groups in total. The van der Waals surface area contributed by atoms with E-state index in [1.54, 1.807) is 24.3 Å². The van der Waals surface area contributed by atoms with Crippen molar-refractivity contribution in [1.82, 2.24) is 4.98 Å². The number of amides is 2. The number of benzene rings is 2. The van der Waals surface area contributed by atoms with Gasteiger partial charge in [0.25, 0.3) is 0 Å². The fourth-order valence-electron chi connectivity index (χ4n) is 2.67. The number of carbonyl (C=O) groups is 1. The third-order valence-electron chi connectivity index (χ3n) is 4.02. The minimum Gasteiger partial charge on any atom is -0.454 e. The van der Waals surface area contributed by atoms with Gasteiger partial charge in [-0.05, 0) is 48.9 Å². The Kier molecular flexibility index (Phi) is 4.87. The van der Waals surface area contributed by atoms with Gasteiger partial charge in [-0.2, -0.15) is 0 Å². The molecule has 1 aliphatic heterocycles. The summed E-state index contributed by atoms with van der Waals surface area (Å²) in [6.45, 7) is 2.19. The molecule has 27 heavy (non-hydrogen) atoms. The number of fused-ring (bicyclic) bond motifs is 1. The summed E-state index contributed by atoms with van der Waals surface area (Å²) in [5, 5.41) is 6.69. The second-order valence-electron chi connectivity index (χ2n) is 5.98. The normalized spacial score (nSPS) is 12.1. The molecule has 4 rings (SSSR count). The number of hydrogen-bond donors (Lipinski definition) is 2. The molecule has 2 amide bonds. The summed E-state index contributed by atoms with van der Waals surface area (Å²) in [4.78, 5) is 17.7. The SMILES string of the molecule is Cc1nc(NC(=O)Nc2ccc(Cl)cc2)sc1Cc1ccc2c(c1)OCO2. The van der Waals surface area contributed by atoms with Gasteiger partial charge in [-0.15, -0.1) is 11.3 Å². The molecule has 138 valence electrons. The Morgan fingerprint density at radius 1 is 1.15 bits per heavy atom. The number of rotatable bonds is 4. The lowest BCUT2D eigenvalue weighted by molar-refractivity contribution is 0.174. The quantitative estimate of drug-likeness (QED) is 0.640. The van der Waals surface area contributed by atoms with Gasteiger partial charge >= 0.3 is 6.03 Å². The van der Waals surface area contributed by atoms with Crippen LogP contribution in [0.3, 0.4) is 0 Å². The number of ether oxygens (including phenoxy) is 2. The lowest BCUT2D eigenvalue weighted by Gasteiger charge is -2.05. The second-order valence-corrected chi connectivity index (χ2v) is 7.50. The van der Waals surface area contributed by atoms with E-state index in [1.807, 2.05) is 25.1 Å². The molecule has 0 bridgehead atoms. The van der Waals surface area contributed by atoms with Crippen LogP contribution in [0.25, 0.3) is 0 Å². The fraction of sp³-hybridized carbons (Fsp3) is 0.158. The molecule has 0 unspecified atom stereocenters. The van der Waals surface area contributed by atoms with Gasteiger partial charge in [0.15, 0.2) is 16.6 Å². The van der Waals surface area contributed by atoms with Gasteiger partial charge in [0.1, 0.15) is 0 Å². The number of nitrogens with zero attached hydrogens (tertiary/aromatic N) is 1. The standard InChI is InChI=1S/C19H16ClN3O3S/c1-11-17(9-12-2-7-15-16(8-12)26-10-25-15)27-19(21-11)23-18(24)22-14-5-3-13(20)4-6-14/h2-8H,9-10H2,1H3,(H2,21,22,23,24). The number of nitrogens with one attached hydrogen (secondary N) is 2. The maximum absolute atomic E-state index is 12.2. The summed E-state index contributed by atoms with van der Waals surface area (Å²) in [5.74, 6) is 1.52. The number of carbonyl (C=O) groups excluding carboxylic acids is 1. The monoisotopic (exact) mass is 401 g/mol. The topological polar surface area (TPSA) is 72.5 Å². The largest absolute Gasteiger partial charge is 0.454 e. The van der Waals surface area contributed by atoms with Crippen molar-refractivity contribution in [3.8, 4) is 11.5 Å². The van der Waals surface area contributed by atoms with Crippen LogP contribution in [0.2, 0.25) is 5.02 Å². The van der Waals surface area contributed by atoms with Gasteiger partial charge in [-0.25, -0.2) is 9.78 Å². The van der Waals surface area contributed by atoms with Crippen molar-refractivity contribution in [3.05, 3.63) is 63.6 Å². The smallest absolute Gasteiger partial charge is 0.325 e. The summed E-state index contributed by atoms with van der Waals surface area (Å²) in [5.41, 5.74) is 2.65. The van der Waals surface area contributed by atoms with Crippen molar-refractivity contribution < 1.29 is 14.3 Å². The average Bonchev–Trinajstić information content (AvgIpc) is 3.23. The van der Waals surface area contributed by atoms with E-state index >= 15 is 0 Å². The van der Waals surface area contributed by atoms with Crippen molar-refractivity contribution >= 4 is 39.8 Å². The zero-order valence-corrected chi connectivity index (χ0v) is 16.0. The Hall–Kier alpha value is -2.77. The van der Waals surface area contributed by atoms with Crippen molar-refractivity contribution in [2.45, 2.75) is 13.3 Å². The Morgan fingerprint density at radius 2 is 1.93 bits per heavy atom. The van der Waals surface area contributed by atoms with Crippen LogP contribution in [-0.2, 0) is 6.42 Å². The van der Waals surface area contributed by atoms with Gasteiger partial charge in [0.05, 0.1) is 5.69 Å².